The fourth-order valence-corrected chi connectivity index (χ4v) is 10.5. The van der Waals surface area contributed by atoms with Gasteiger partial charge in [-0.3, -0.25) is 0 Å². The summed E-state index contributed by atoms with van der Waals surface area (Å²) < 4.78 is 13.2. The third kappa shape index (κ3) is 2.77. The Morgan fingerprint density at radius 3 is 1.52 bits per heavy atom. The number of ether oxygens (including phenoxy) is 1. The van der Waals surface area contributed by atoms with Crippen LogP contribution < -0.4 is 0 Å². The van der Waals surface area contributed by atoms with Gasteiger partial charge in [0.2, 0.25) is 8.32 Å². The van der Waals surface area contributed by atoms with E-state index in [9.17, 15) is 0 Å². The molecule has 1 fully saturated rings. The maximum Gasteiger partial charge on any atom is 0.200 e. The van der Waals surface area contributed by atoms with E-state index in [1.807, 2.05) is 0 Å². The lowest BCUT2D eigenvalue weighted by molar-refractivity contribution is -0.111. The monoisotopic (exact) mass is 310 g/mol. The summed E-state index contributed by atoms with van der Waals surface area (Å²) in [6.45, 7) is 18.8. The molecule has 0 radical (unpaired) electrons. The molecule has 0 aromatic rings. The van der Waals surface area contributed by atoms with Crippen molar-refractivity contribution < 1.29 is 9.16 Å². The van der Waals surface area contributed by atoms with Gasteiger partial charge in [0.05, 0.1) is 18.3 Å². The van der Waals surface area contributed by atoms with Crippen LogP contribution in [0.5, 0.6) is 0 Å². The molecule has 2 rings (SSSR count). The topological polar surface area (TPSA) is 18.5 Å². The molecule has 1 unspecified atom stereocenters. The van der Waals surface area contributed by atoms with E-state index in [0.29, 0.717) is 34.6 Å². The number of rotatable bonds is 5. The second-order valence-corrected chi connectivity index (χ2v) is 13.5. The van der Waals surface area contributed by atoms with E-state index in [1.54, 1.807) is 0 Å². The van der Waals surface area contributed by atoms with Gasteiger partial charge in [-0.05, 0) is 16.6 Å². The zero-order valence-electron chi connectivity index (χ0n) is 15.1. The van der Waals surface area contributed by atoms with Crippen LogP contribution in [0.3, 0.4) is 0 Å². The summed E-state index contributed by atoms with van der Waals surface area (Å²) in [4.78, 5) is 0. The Balaban J connectivity index is 2.28. The van der Waals surface area contributed by atoms with Crippen molar-refractivity contribution >= 4 is 8.32 Å². The van der Waals surface area contributed by atoms with E-state index in [4.69, 9.17) is 9.16 Å². The molecule has 0 N–H and O–H groups in total. The Kier molecular flexibility index (Phi) is 5.06. The molecule has 3 heteroatoms. The standard InChI is InChI=1S/C18H34O2Si/c1-11(2)21(12(3)4,13(5)6)20-18-14(7)16-9-10-17(19-16)15(18)8/h9-18H,1-8H3/t14-,15+,16+,17-,18?. The van der Waals surface area contributed by atoms with Crippen molar-refractivity contribution in [1.29, 1.82) is 0 Å². The van der Waals surface area contributed by atoms with E-state index in [-0.39, 0.29) is 12.2 Å². The smallest absolute Gasteiger partial charge is 0.200 e. The number of fused-ring (bicyclic) bond motifs is 2. The predicted octanol–water partition coefficient (Wildman–Crippen LogP) is 5.16. The molecule has 0 saturated carbocycles. The molecular formula is C18H34O2Si. The molecule has 2 nitrogen and oxygen atoms in total. The third-order valence-corrected chi connectivity index (χ3v) is 12.0. The van der Waals surface area contributed by atoms with Crippen molar-refractivity contribution in [3.63, 3.8) is 0 Å². The van der Waals surface area contributed by atoms with E-state index in [0.717, 1.165) is 0 Å². The molecule has 0 amide bonds. The molecule has 0 spiro atoms. The van der Waals surface area contributed by atoms with E-state index in [2.05, 4.69) is 67.5 Å². The molecule has 2 aliphatic rings. The van der Waals surface area contributed by atoms with Crippen molar-refractivity contribution in [3.8, 4) is 0 Å². The van der Waals surface area contributed by atoms with E-state index < -0.39 is 8.32 Å². The highest BCUT2D eigenvalue weighted by Gasteiger charge is 2.51. The van der Waals surface area contributed by atoms with Crippen LogP contribution in [0, 0.1) is 11.8 Å². The highest BCUT2D eigenvalue weighted by Crippen LogP contribution is 2.47. The second-order valence-electron chi connectivity index (χ2n) is 8.07. The van der Waals surface area contributed by atoms with Gasteiger partial charge in [-0.15, -0.1) is 0 Å². The molecule has 2 heterocycles. The van der Waals surface area contributed by atoms with E-state index in [1.165, 1.54) is 0 Å². The summed E-state index contributed by atoms with van der Waals surface area (Å²) >= 11 is 0. The lowest BCUT2D eigenvalue weighted by Crippen LogP contribution is -2.56. The second kappa shape index (κ2) is 6.17. The van der Waals surface area contributed by atoms with Crippen molar-refractivity contribution in [2.24, 2.45) is 11.8 Å². The summed E-state index contributed by atoms with van der Waals surface area (Å²) in [5, 5.41) is 0. The fraction of sp³-hybridized carbons (Fsp3) is 0.889. The Morgan fingerprint density at radius 2 is 1.19 bits per heavy atom. The summed E-state index contributed by atoms with van der Waals surface area (Å²) in [6, 6.07) is 0. The van der Waals surface area contributed by atoms with Crippen LogP contribution in [0.15, 0.2) is 12.2 Å². The Hall–Kier alpha value is -0.123. The van der Waals surface area contributed by atoms with Gasteiger partial charge in [0.25, 0.3) is 0 Å². The van der Waals surface area contributed by atoms with Gasteiger partial charge in [0.1, 0.15) is 0 Å². The van der Waals surface area contributed by atoms with Crippen LogP contribution in [0.25, 0.3) is 0 Å². The van der Waals surface area contributed by atoms with Crippen LogP contribution in [0.1, 0.15) is 55.4 Å². The molecule has 5 atom stereocenters. The molecule has 2 bridgehead atoms. The zero-order chi connectivity index (χ0) is 15.9. The highest BCUT2D eigenvalue weighted by atomic mass is 28.4. The zero-order valence-corrected chi connectivity index (χ0v) is 16.1. The Bertz CT molecular complexity index is 349. The van der Waals surface area contributed by atoms with Gasteiger partial charge >= 0.3 is 0 Å². The fourth-order valence-electron chi connectivity index (χ4n) is 4.80. The van der Waals surface area contributed by atoms with E-state index >= 15 is 0 Å². The predicted molar refractivity (Wildman–Crippen MR) is 92.1 cm³/mol. The van der Waals surface area contributed by atoms with Crippen molar-refractivity contribution in [3.05, 3.63) is 12.2 Å². The molecule has 2 aliphatic heterocycles. The van der Waals surface area contributed by atoms with Crippen LogP contribution >= 0.6 is 0 Å². The van der Waals surface area contributed by atoms with Crippen molar-refractivity contribution in [2.45, 2.75) is 90.3 Å². The summed E-state index contributed by atoms with van der Waals surface area (Å²) in [5.41, 5.74) is 1.93. The van der Waals surface area contributed by atoms with Crippen molar-refractivity contribution in [1.82, 2.24) is 0 Å². The Morgan fingerprint density at radius 1 is 0.810 bits per heavy atom. The molecule has 1 saturated heterocycles. The first-order valence-electron chi connectivity index (χ1n) is 8.73. The van der Waals surface area contributed by atoms with Gasteiger partial charge in [-0.25, -0.2) is 0 Å². The van der Waals surface area contributed by atoms with Crippen LogP contribution in [-0.2, 0) is 9.16 Å². The SMILES string of the molecule is CC(C)[Si](OC1[C@@H](C)[C@H]2C=C[C@H](O2)[C@H]1C)(C(C)C)C(C)C. The van der Waals surface area contributed by atoms with Gasteiger partial charge in [0, 0.05) is 11.8 Å². The minimum absolute atomic E-state index is 0.259. The number of hydrogen-bond acceptors (Lipinski definition) is 2. The summed E-state index contributed by atoms with van der Waals surface area (Å²) in [7, 11) is -1.81. The lowest BCUT2D eigenvalue weighted by Gasteiger charge is -2.50. The maximum atomic E-state index is 7.09. The quantitative estimate of drug-likeness (QED) is 0.516. The van der Waals surface area contributed by atoms with Gasteiger partial charge in [-0.2, -0.15) is 0 Å². The molecule has 122 valence electrons. The van der Waals surface area contributed by atoms with Crippen molar-refractivity contribution in [2.75, 3.05) is 0 Å². The molecule has 21 heavy (non-hydrogen) atoms. The van der Waals surface area contributed by atoms with Crippen LogP contribution in [0.2, 0.25) is 16.6 Å². The summed E-state index contributed by atoms with van der Waals surface area (Å²) in [6.07, 6.45) is 5.35. The van der Waals surface area contributed by atoms with Crippen LogP contribution in [0.4, 0.5) is 0 Å². The first kappa shape index (κ1) is 17.2. The van der Waals surface area contributed by atoms with Gasteiger partial charge < -0.3 is 9.16 Å². The van der Waals surface area contributed by atoms with Gasteiger partial charge in [0.15, 0.2) is 0 Å². The minimum atomic E-state index is -1.81. The molecular weight excluding hydrogens is 276 g/mol. The molecule has 0 aromatic carbocycles. The van der Waals surface area contributed by atoms with Crippen LogP contribution in [-0.4, -0.2) is 26.6 Å². The first-order valence-corrected chi connectivity index (χ1v) is 10.9. The maximum absolute atomic E-state index is 7.09. The first-order chi connectivity index (χ1) is 9.71. The largest absolute Gasteiger partial charge is 0.412 e. The minimum Gasteiger partial charge on any atom is -0.412 e. The summed E-state index contributed by atoms with van der Waals surface area (Å²) in [5.74, 6) is 0.913. The highest BCUT2D eigenvalue weighted by molar-refractivity contribution is 6.77. The van der Waals surface area contributed by atoms with Gasteiger partial charge in [-0.1, -0.05) is 67.5 Å². The normalized spacial score (nSPS) is 36.2. The number of hydrogen-bond donors (Lipinski definition) is 0. The third-order valence-electron chi connectivity index (χ3n) is 5.92. The Labute approximate surface area is 132 Å². The molecule has 0 aliphatic carbocycles. The average molecular weight is 311 g/mol. The molecule has 0 aromatic heterocycles. The lowest BCUT2D eigenvalue weighted by atomic mass is 9.86. The average Bonchev–Trinajstić information content (AvgIpc) is 2.82.